The van der Waals surface area contributed by atoms with E-state index in [0.717, 1.165) is 42.1 Å². The van der Waals surface area contributed by atoms with E-state index in [1.807, 2.05) is 55.1 Å². The Labute approximate surface area is 198 Å². The molecule has 1 amide bonds. The van der Waals surface area contributed by atoms with E-state index < -0.39 is 0 Å². The van der Waals surface area contributed by atoms with Crippen molar-refractivity contribution >= 4 is 28.5 Å². The molecule has 0 N–H and O–H groups in total. The van der Waals surface area contributed by atoms with Crippen molar-refractivity contribution in [1.29, 1.82) is 0 Å². The Morgan fingerprint density at radius 3 is 2.39 bits per heavy atom. The second kappa shape index (κ2) is 8.96. The number of fused-ring (bicyclic) bond motifs is 1. The fourth-order valence-electron chi connectivity index (χ4n) is 4.50. The van der Waals surface area contributed by atoms with Gasteiger partial charge in [0.25, 0.3) is 5.91 Å². The molecule has 168 valence electrons. The molecule has 0 saturated carbocycles. The number of hydrogen-bond donors (Lipinski definition) is 0. The summed E-state index contributed by atoms with van der Waals surface area (Å²) in [7, 11) is 0. The van der Waals surface area contributed by atoms with Crippen molar-refractivity contribution in [3.05, 3.63) is 88.2 Å². The number of carbonyl (C=O) groups excluding carboxylic acids is 1. The van der Waals surface area contributed by atoms with E-state index in [1.165, 1.54) is 5.56 Å². The van der Waals surface area contributed by atoms with Gasteiger partial charge in [0.15, 0.2) is 5.65 Å². The van der Waals surface area contributed by atoms with Crippen LogP contribution in [0.2, 0.25) is 5.02 Å². The Morgan fingerprint density at radius 2 is 1.67 bits per heavy atom. The summed E-state index contributed by atoms with van der Waals surface area (Å²) < 4.78 is 1.74. The normalized spacial score (nSPS) is 14.7. The molecule has 0 bridgehead atoms. The summed E-state index contributed by atoms with van der Waals surface area (Å²) in [6.45, 7) is 7.84. The van der Waals surface area contributed by atoms with Crippen LogP contribution in [-0.2, 0) is 6.54 Å². The number of benzene rings is 2. The molecule has 5 rings (SSSR count). The first-order valence-electron chi connectivity index (χ1n) is 11.2. The number of pyridine rings is 1. The molecule has 2 aromatic carbocycles. The van der Waals surface area contributed by atoms with Crippen molar-refractivity contribution in [3.63, 3.8) is 0 Å². The third kappa shape index (κ3) is 4.24. The summed E-state index contributed by atoms with van der Waals surface area (Å²) in [6, 6.07) is 19.9. The minimum atomic E-state index is 0.0340. The van der Waals surface area contributed by atoms with Gasteiger partial charge in [-0.3, -0.25) is 9.69 Å². The molecule has 1 fully saturated rings. The van der Waals surface area contributed by atoms with Gasteiger partial charge in [0.1, 0.15) is 0 Å². The molecule has 0 atom stereocenters. The maximum Gasteiger partial charge on any atom is 0.254 e. The molecular weight excluding hydrogens is 434 g/mol. The average Bonchev–Trinajstić information content (AvgIpc) is 3.15. The van der Waals surface area contributed by atoms with Gasteiger partial charge in [-0.25, -0.2) is 9.67 Å². The summed E-state index contributed by atoms with van der Waals surface area (Å²) in [4.78, 5) is 22.7. The summed E-state index contributed by atoms with van der Waals surface area (Å²) in [5.74, 6) is 0.0340. The Hall–Kier alpha value is -3.22. The largest absolute Gasteiger partial charge is 0.336 e. The lowest BCUT2D eigenvalue weighted by atomic mass is 10.1. The smallest absolute Gasteiger partial charge is 0.254 e. The lowest BCUT2D eigenvalue weighted by molar-refractivity contribution is 0.0630. The van der Waals surface area contributed by atoms with E-state index in [2.05, 4.69) is 29.2 Å². The van der Waals surface area contributed by atoms with Crippen LogP contribution in [0.5, 0.6) is 0 Å². The molecule has 0 aliphatic carbocycles. The van der Waals surface area contributed by atoms with Gasteiger partial charge in [-0.05, 0) is 37.6 Å². The second-order valence-electron chi connectivity index (χ2n) is 8.51. The number of amides is 1. The van der Waals surface area contributed by atoms with Crippen molar-refractivity contribution in [3.8, 4) is 5.69 Å². The number of aromatic nitrogens is 3. The van der Waals surface area contributed by atoms with Crippen LogP contribution in [-0.4, -0.2) is 56.7 Å². The first kappa shape index (κ1) is 21.6. The third-order valence-electron chi connectivity index (χ3n) is 6.16. The summed E-state index contributed by atoms with van der Waals surface area (Å²) >= 11 is 6.44. The minimum absolute atomic E-state index is 0.0340. The molecule has 1 saturated heterocycles. The van der Waals surface area contributed by atoms with Gasteiger partial charge >= 0.3 is 0 Å². The monoisotopic (exact) mass is 459 g/mol. The molecule has 33 heavy (non-hydrogen) atoms. The van der Waals surface area contributed by atoms with Crippen LogP contribution in [0, 0.1) is 13.8 Å². The van der Waals surface area contributed by atoms with Crippen molar-refractivity contribution in [1.82, 2.24) is 24.6 Å². The van der Waals surface area contributed by atoms with Crippen LogP contribution in [0.15, 0.2) is 60.7 Å². The van der Waals surface area contributed by atoms with E-state index in [0.29, 0.717) is 29.3 Å². The fourth-order valence-corrected chi connectivity index (χ4v) is 4.71. The van der Waals surface area contributed by atoms with Gasteiger partial charge in [0.05, 0.1) is 27.4 Å². The number of halogens is 1. The highest BCUT2D eigenvalue weighted by Crippen LogP contribution is 2.29. The Bertz CT molecular complexity index is 1310. The topological polar surface area (TPSA) is 54.3 Å². The van der Waals surface area contributed by atoms with E-state index >= 15 is 0 Å². The van der Waals surface area contributed by atoms with E-state index in [-0.39, 0.29) is 5.91 Å². The number of nitrogens with zero attached hydrogens (tertiary/aromatic N) is 5. The maximum atomic E-state index is 13.6. The number of rotatable bonds is 4. The number of hydrogen-bond acceptors (Lipinski definition) is 4. The van der Waals surface area contributed by atoms with E-state index in [1.54, 1.807) is 4.68 Å². The molecular formula is C26H26ClN5O. The van der Waals surface area contributed by atoms with Crippen LogP contribution in [0.25, 0.3) is 16.7 Å². The Kier molecular flexibility index (Phi) is 5.87. The van der Waals surface area contributed by atoms with Crippen LogP contribution in [0.4, 0.5) is 0 Å². The van der Waals surface area contributed by atoms with Crippen LogP contribution < -0.4 is 0 Å². The SMILES string of the molecule is Cc1cc(C(=O)N2CCN(Cc3ccccc3)CC2)c2c(C)nn(-c3ccccc3Cl)c2n1. The lowest BCUT2D eigenvalue weighted by Gasteiger charge is -2.35. The second-order valence-corrected chi connectivity index (χ2v) is 8.92. The summed E-state index contributed by atoms with van der Waals surface area (Å²) in [6.07, 6.45) is 0. The first-order chi connectivity index (χ1) is 16.0. The zero-order chi connectivity index (χ0) is 22.9. The molecule has 4 aromatic rings. The van der Waals surface area contributed by atoms with Crippen LogP contribution in [0.3, 0.4) is 0 Å². The number of piperazine rings is 1. The van der Waals surface area contributed by atoms with E-state index in [4.69, 9.17) is 21.7 Å². The van der Waals surface area contributed by atoms with E-state index in [9.17, 15) is 4.79 Å². The minimum Gasteiger partial charge on any atom is -0.336 e. The first-order valence-corrected chi connectivity index (χ1v) is 11.6. The molecule has 0 unspecified atom stereocenters. The standard InChI is InChI=1S/C26H26ClN5O/c1-18-16-21(24-19(2)29-32(25(24)28-18)23-11-7-6-10-22(23)27)26(33)31-14-12-30(13-15-31)17-20-8-4-3-5-9-20/h3-11,16H,12-15,17H2,1-2H3. The molecule has 0 spiro atoms. The molecule has 0 radical (unpaired) electrons. The maximum absolute atomic E-state index is 13.6. The van der Waals surface area contributed by atoms with Gasteiger partial charge < -0.3 is 4.90 Å². The summed E-state index contributed by atoms with van der Waals surface area (Å²) in [5, 5.41) is 6.08. The highest BCUT2D eigenvalue weighted by atomic mass is 35.5. The van der Waals surface area contributed by atoms with Crippen LogP contribution >= 0.6 is 11.6 Å². The summed E-state index contributed by atoms with van der Waals surface area (Å²) in [5.41, 5.74) is 4.91. The zero-order valence-electron chi connectivity index (χ0n) is 18.8. The molecule has 1 aliphatic heterocycles. The molecule has 7 heteroatoms. The van der Waals surface area contributed by atoms with Gasteiger partial charge in [-0.15, -0.1) is 0 Å². The van der Waals surface area contributed by atoms with Gasteiger partial charge in [-0.1, -0.05) is 54.1 Å². The Balaban J connectivity index is 1.42. The molecule has 3 heterocycles. The highest BCUT2D eigenvalue weighted by Gasteiger charge is 2.26. The average molecular weight is 460 g/mol. The van der Waals surface area contributed by atoms with Crippen LogP contribution in [0.1, 0.15) is 27.3 Å². The number of carbonyl (C=O) groups is 1. The lowest BCUT2D eigenvalue weighted by Crippen LogP contribution is -2.48. The van der Waals surface area contributed by atoms with Crippen molar-refractivity contribution in [2.45, 2.75) is 20.4 Å². The van der Waals surface area contributed by atoms with Crippen molar-refractivity contribution in [2.75, 3.05) is 26.2 Å². The quantitative estimate of drug-likeness (QED) is 0.446. The van der Waals surface area contributed by atoms with Crippen molar-refractivity contribution in [2.24, 2.45) is 0 Å². The third-order valence-corrected chi connectivity index (χ3v) is 6.48. The molecule has 1 aliphatic rings. The predicted octanol–water partition coefficient (Wildman–Crippen LogP) is 4.65. The molecule has 2 aromatic heterocycles. The number of para-hydroxylation sites is 1. The highest BCUT2D eigenvalue weighted by molar-refractivity contribution is 6.32. The predicted molar refractivity (Wildman–Crippen MR) is 131 cm³/mol. The fraction of sp³-hybridized carbons (Fsp3) is 0.269. The molecule has 6 nitrogen and oxygen atoms in total. The van der Waals surface area contributed by atoms with Crippen molar-refractivity contribution < 1.29 is 4.79 Å². The van der Waals surface area contributed by atoms with Gasteiger partial charge in [0.2, 0.25) is 0 Å². The zero-order valence-corrected chi connectivity index (χ0v) is 19.6. The van der Waals surface area contributed by atoms with Gasteiger partial charge in [0, 0.05) is 38.4 Å². The Morgan fingerprint density at radius 1 is 0.970 bits per heavy atom. The number of aryl methyl sites for hydroxylation is 2. The van der Waals surface area contributed by atoms with Gasteiger partial charge in [-0.2, -0.15) is 5.10 Å².